The molecule has 0 unspecified atom stereocenters. The van der Waals surface area contributed by atoms with Crippen molar-refractivity contribution in [1.29, 1.82) is 0 Å². The lowest BCUT2D eigenvalue weighted by molar-refractivity contribution is 0.602. The van der Waals surface area contributed by atoms with Crippen LogP contribution in [0, 0.1) is 0 Å². The van der Waals surface area contributed by atoms with E-state index in [4.69, 9.17) is 5.73 Å². The molecule has 2 aromatic heterocycles. The Morgan fingerprint density at radius 2 is 1.55 bits per heavy atom. The van der Waals surface area contributed by atoms with Gasteiger partial charge in [-0.15, -0.1) is 0 Å². The van der Waals surface area contributed by atoms with Gasteiger partial charge in [-0.25, -0.2) is 17.8 Å². The van der Waals surface area contributed by atoms with Gasteiger partial charge in [0, 0.05) is 24.2 Å². The number of hydrogen-bond acceptors (Lipinski definition) is 6. The maximum atomic E-state index is 12.5. The Balaban J connectivity index is 1.79. The zero-order valence-electron chi connectivity index (χ0n) is 15.4. The van der Waals surface area contributed by atoms with E-state index in [1.54, 1.807) is 53.3 Å². The molecule has 0 amide bonds. The Morgan fingerprint density at radius 3 is 2.21 bits per heavy atom. The van der Waals surface area contributed by atoms with Crippen molar-refractivity contribution in [3.05, 3.63) is 83.3 Å². The zero-order chi connectivity index (χ0) is 20.6. The van der Waals surface area contributed by atoms with Crippen LogP contribution < -0.4 is 11.2 Å². The highest BCUT2D eigenvalue weighted by Gasteiger charge is 2.14. The monoisotopic (exact) mass is 407 g/mol. The number of nitrogen functional groups attached to an aromatic ring is 1. The summed E-state index contributed by atoms with van der Waals surface area (Å²) in [5.41, 5.74) is 8.22. The van der Waals surface area contributed by atoms with Gasteiger partial charge in [0.1, 0.15) is 0 Å². The molecule has 146 valence electrons. The van der Waals surface area contributed by atoms with E-state index in [9.17, 15) is 13.2 Å². The minimum Gasteiger partial charge on any atom is -0.399 e. The molecule has 4 rings (SSSR count). The second-order valence-electron chi connectivity index (χ2n) is 6.46. The molecule has 2 aromatic carbocycles. The Labute approximate surface area is 166 Å². The fourth-order valence-electron chi connectivity index (χ4n) is 2.88. The standard InChI is InChI=1S/C20H17N5O3S/c1-29(27,28)17-8-6-15(7-9-17)24-13-11-19(26)20(23-24)18-10-12-22-25(18)16-4-2-14(21)3-5-16/h2-13H,21H2,1H3. The van der Waals surface area contributed by atoms with Crippen LogP contribution in [0.1, 0.15) is 0 Å². The minimum atomic E-state index is -3.29. The second-order valence-corrected chi connectivity index (χ2v) is 8.47. The highest BCUT2D eigenvalue weighted by molar-refractivity contribution is 7.90. The van der Waals surface area contributed by atoms with Crippen molar-refractivity contribution in [1.82, 2.24) is 19.6 Å². The van der Waals surface area contributed by atoms with E-state index >= 15 is 0 Å². The molecule has 0 fully saturated rings. The fourth-order valence-corrected chi connectivity index (χ4v) is 3.51. The van der Waals surface area contributed by atoms with E-state index in [1.807, 2.05) is 0 Å². The summed E-state index contributed by atoms with van der Waals surface area (Å²) in [7, 11) is -3.29. The predicted molar refractivity (Wildman–Crippen MR) is 110 cm³/mol. The number of sulfone groups is 1. The molecule has 0 saturated carbocycles. The van der Waals surface area contributed by atoms with E-state index in [0.29, 0.717) is 17.1 Å². The summed E-state index contributed by atoms with van der Waals surface area (Å²) in [6, 6.07) is 16.5. The Kier molecular flexibility index (Phi) is 4.51. The number of aromatic nitrogens is 4. The Hall–Kier alpha value is -3.72. The molecule has 29 heavy (non-hydrogen) atoms. The van der Waals surface area contributed by atoms with Crippen molar-refractivity contribution in [2.24, 2.45) is 0 Å². The van der Waals surface area contributed by atoms with Crippen LogP contribution in [-0.2, 0) is 9.84 Å². The molecule has 9 heteroatoms. The molecule has 2 heterocycles. The second kappa shape index (κ2) is 7.02. The highest BCUT2D eigenvalue weighted by atomic mass is 32.2. The Morgan fingerprint density at radius 1 is 0.897 bits per heavy atom. The van der Waals surface area contributed by atoms with E-state index in [0.717, 1.165) is 11.9 Å². The third-order valence-electron chi connectivity index (χ3n) is 4.36. The van der Waals surface area contributed by atoms with Gasteiger partial charge in [-0.1, -0.05) is 0 Å². The first-order valence-electron chi connectivity index (χ1n) is 8.64. The summed E-state index contributed by atoms with van der Waals surface area (Å²) in [5, 5.41) is 8.75. The van der Waals surface area contributed by atoms with E-state index < -0.39 is 9.84 Å². The van der Waals surface area contributed by atoms with Crippen LogP contribution in [0.4, 0.5) is 5.69 Å². The normalized spacial score (nSPS) is 11.5. The molecule has 0 bridgehead atoms. The molecule has 0 saturated heterocycles. The average molecular weight is 407 g/mol. The molecule has 2 N–H and O–H groups in total. The molecule has 8 nitrogen and oxygen atoms in total. The van der Waals surface area contributed by atoms with Crippen molar-refractivity contribution in [3.63, 3.8) is 0 Å². The topological polar surface area (TPSA) is 113 Å². The average Bonchev–Trinajstić information content (AvgIpc) is 3.18. The number of rotatable bonds is 4. The lowest BCUT2D eigenvalue weighted by Crippen LogP contribution is -2.15. The molecule has 0 radical (unpaired) electrons. The first kappa shape index (κ1) is 18.6. The van der Waals surface area contributed by atoms with Gasteiger partial charge in [-0.3, -0.25) is 4.79 Å². The van der Waals surface area contributed by atoms with E-state index in [1.165, 1.54) is 29.1 Å². The Bertz CT molecular complexity index is 1340. The predicted octanol–water partition coefficient (Wildman–Crippen LogP) is 2.07. The number of nitrogens with zero attached hydrogens (tertiary/aromatic N) is 4. The molecule has 0 aliphatic carbocycles. The maximum Gasteiger partial charge on any atom is 0.209 e. The van der Waals surface area contributed by atoms with Crippen molar-refractivity contribution in [2.45, 2.75) is 4.90 Å². The van der Waals surface area contributed by atoms with E-state index in [-0.39, 0.29) is 16.0 Å². The third kappa shape index (κ3) is 3.67. The van der Waals surface area contributed by atoms with Crippen LogP contribution in [-0.4, -0.2) is 34.2 Å². The van der Waals surface area contributed by atoms with Gasteiger partial charge in [-0.05, 0) is 54.6 Å². The lowest BCUT2D eigenvalue weighted by atomic mass is 10.2. The summed E-state index contributed by atoms with van der Waals surface area (Å²) >= 11 is 0. The summed E-state index contributed by atoms with van der Waals surface area (Å²) in [6.45, 7) is 0. The van der Waals surface area contributed by atoms with Gasteiger partial charge in [0.25, 0.3) is 0 Å². The van der Waals surface area contributed by atoms with Gasteiger partial charge in [-0.2, -0.15) is 10.2 Å². The number of hydrogen-bond donors (Lipinski definition) is 1. The number of benzene rings is 2. The van der Waals surface area contributed by atoms with Crippen LogP contribution in [0.3, 0.4) is 0 Å². The van der Waals surface area contributed by atoms with Crippen LogP contribution in [0.2, 0.25) is 0 Å². The van der Waals surface area contributed by atoms with Crippen molar-refractivity contribution >= 4 is 15.5 Å². The SMILES string of the molecule is CS(=O)(=O)c1ccc(-n2ccc(=O)c(-c3ccnn3-c3ccc(N)cc3)n2)cc1. The summed E-state index contributed by atoms with van der Waals surface area (Å²) in [6.07, 6.45) is 4.27. The number of anilines is 1. The highest BCUT2D eigenvalue weighted by Crippen LogP contribution is 2.20. The van der Waals surface area contributed by atoms with Gasteiger partial charge >= 0.3 is 0 Å². The lowest BCUT2D eigenvalue weighted by Gasteiger charge is -2.10. The van der Waals surface area contributed by atoms with Gasteiger partial charge in [0.15, 0.2) is 15.5 Å². The fraction of sp³-hybridized carbons (Fsp3) is 0.0500. The van der Waals surface area contributed by atoms with Gasteiger partial charge < -0.3 is 5.73 Å². The van der Waals surface area contributed by atoms with Crippen LogP contribution in [0.25, 0.3) is 22.8 Å². The third-order valence-corrected chi connectivity index (χ3v) is 5.49. The van der Waals surface area contributed by atoms with Crippen LogP contribution in [0.15, 0.2) is 82.7 Å². The van der Waals surface area contributed by atoms with Crippen LogP contribution in [0.5, 0.6) is 0 Å². The first-order valence-corrected chi connectivity index (χ1v) is 10.5. The number of nitrogens with two attached hydrogens (primary N) is 1. The van der Waals surface area contributed by atoms with Gasteiger partial charge in [0.2, 0.25) is 5.43 Å². The minimum absolute atomic E-state index is 0.212. The first-order chi connectivity index (χ1) is 13.8. The van der Waals surface area contributed by atoms with Crippen molar-refractivity contribution in [3.8, 4) is 22.8 Å². The van der Waals surface area contributed by atoms with Crippen molar-refractivity contribution in [2.75, 3.05) is 12.0 Å². The summed E-state index contributed by atoms with van der Waals surface area (Å²) in [5.74, 6) is 0. The quantitative estimate of drug-likeness (QED) is 0.518. The molecule has 0 spiro atoms. The molecule has 4 aromatic rings. The summed E-state index contributed by atoms with van der Waals surface area (Å²) < 4.78 is 26.4. The smallest absolute Gasteiger partial charge is 0.209 e. The molecule has 0 atom stereocenters. The largest absolute Gasteiger partial charge is 0.399 e. The molecule has 0 aliphatic heterocycles. The maximum absolute atomic E-state index is 12.5. The van der Waals surface area contributed by atoms with Crippen LogP contribution >= 0.6 is 0 Å². The van der Waals surface area contributed by atoms with Crippen molar-refractivity contribution < 1.29 is 8.42 Å². The summed E-state index contributed by atoms with van der Waals surface area (Å²) in [4.78, 5) is 12.7. The molecule has 0 aliphatic rings. The molecular formula is C20H17N5O3S. The molecular weight excluding hydrogens is 390 g/mol. The van der Waals surface area contributed by atoms with Gasteiger partial charge in [0.05, 0.1) is 28.2 Å². The van der Waals surface area contributed by atoms with E-state index in [2.05, 4.69) is 10.2 Å². The zero-order valence-corrected chi connectivity index (χ0v) is 16.2.